The first-order valence-electron chi connectivity index (χ1n) is 9.15. The van der Waals surface area contributed by atoms with Gasteiger partial charge in [-0.05, 0) is 50.1 Å². The van der Waals surface area contributed by atoms with Gasteiger partial charge in [0, 0.05) is 37.3 Å². The van der Waals surface area contributed by atoms with E-state index in [2.05, 4.69) is 20.3 Å². The highest BCUT2D eigenvalue weighted by atomic mass is 19.1. The highest BCUT2D eigenvalue weighted by Crippen LogP contribution is 2.27. The van der Waals surface area contributed by atoms with Crippen molar-refractivity contribution in [3.8, 4) is 11.4 Å². The zero-order valence-electron chi connectivity index (χ0n) is 15.1. The molecule has 0 aliphatic carbocycles. The van der Waals surface area contributed by atoms with Crippen LogP contribution < -0.4 is 0 Å². The summed E-state index contributed by atoms with van der Waals surface area (Å²) in [5, 5.41) is 11.5. The number of halogens is 1. The molecular formula is C19H21FN6O. The van der Waals surface area contributed by atoms with E-state index in [1.54, 1.807) is 22.9 Å². The number of piperidine rings is 1. The number of carbonyl (C=O) groups is 1. The van der Waals surface area contributed by atoms with Crippen molar-refractivity contribution in [2.24, 2.45) is 0 Å². The van der Waals surface area contributed by atoms with Crippen molar-refractivity contribution >= 4 is 5.91 Å². The third-order valence-corrected chi connectivity index (χ3v) is 4.96. The van der Waals surface area contributed by atoms with Crippen LogP contribution in [0.4, 0.5) is 4.39 Å². The number of aryl methyl sites for hydroxylation is 1. The lowest BCUT2D eigenvalue weighted by molar-refractivity contribution is 0.0704. The first-order chi connectivity index (χ1) is 13.1. The Bertz CT molecular complexity index is 924. The second-order valence-corrected chi connectivity index (χ2v) is 6.67. The van der Waals surface area contributed by atoms with Crippen LogP contribution in [0.25, 0.3) is 11.4 Å². The molecule has 0 atom stereocenters. The smallest absolute Gasteiger partial charge is 0.274 e. The molecule has 1 aliphatic heterocycles. The number of carbonyl (C=O) groups excluding carboxylic acids is 1. The number of benzene rings is 1. The van der Waals surface area contributed by atoms with Gasteiger partial charge in [-0.3, -0.25) is 14.6 Å². The lowest BCUT2D eigenvalue weighted by atomic mass is 9.96. The Hall–Kier alpha value is -3.03. The fourth-order valence-corrected chi connectivity index (χ4v) is 3.35. The van der Waals surface area contributed by atoms with Gasteiger partial charge in [-0.2, -0.15) is 10.2 Å². The molecule has 7 nitrogen and oxygen atoms in total. The van der Waals surface area contributed by atoms with Crippen LogP contribution in [0, 0.1) is 5.82 Å². The highest BCUT2D eigenvalue weighted by molar-refractivity contribution is 5.92. The minimum Gasteiger partial charge on any atom is -0.337 e. The Kier molecular flexibility index (Phi) is 4.70. The zero-order chi connectivity index (χ0) is 18.8. The van der Waals surface area contributed by atoms with Crippen molar-refractivity contribution in [3.63, 3.8) is 0 Å². The molecule has 1 N–H and O–H groups in total. The van der Waals surface area contributed by atoms with Gasteiger partial charge in [-0.1, -0.05) is 0 Å². The molecular weight excluding hydrogens is 347 g/mol. The molecule has 8 heteroatoms. The maximum absolute atomic E-state index is 13.1. The molecule has 1 saturated heterocycles. The van der Waals surface area contributed by atoms with Crippen molar-refractivity contribution < 1.29 is 9.18 Å². The molecule has 2 aromatic heterocycles. The van der Waals surface area contributed by atoms with Gasteiger partial charge < -0.3 is 4.90 Å². The largest absolute Gasteiger partial charge is 0.337 e. The number of rotatable bonds is 4. The predicted molar refractivity (Wildman–Crippen MR) is 97.6 cm³/mol. The number of amides is 1. The van der Waals surface area contributed by atoms with E-state index in [1.807, 2.05) is 18.0 Å². The summed E-state index contributed by atoms with van der Waals surface area (Å²) in [7, 11) is 0. The molecule has 1 aromatic carbocycles. The second-order valence-electron chi connectivity index (χ2n) is 6.67. The maximum Gasteiger partial charge on any atom is 0.274 e. The van der Waals surface area contributed by atoms with Crippen LogP contribution in [0.3, 0.4) is 0 Å². The average Bonchev–Trinajstić information content (AvgIpc) is 3.38. The van der Waals surface area contributed by atoms with Crippen LogP contribution in [-0.4, -0.2) is 48.9 Å². The molecule has 0 unspecified atom stereocenters. The molecule has 4 rings (SSSR count). The minimum absolute atomic E-state index is 0.0229. The predicted octanol–water partition coefficient (Wildman–Crippen LogP) is 2.85. The third kappa shape index (κ3) is 3.60. The van der Waals surface area contributed by atoms with Crippen LogP contribution in [0.5, 0.6) is 0 Å². The summed E-state index contributed by atoms with van der Waals surface area (Å²) in [6.07, 6.45) is 3.46. The summed E-state index contributed by atoms with van der Waals surface area (Å²) in [5.74, 6) is 1.30. The van der Waals surface area contributed by atoms with Crippen molar-refractivity contribution in [3.05, 3.63) is 53.9 Å². The zero-order valence-corrected chi connectivity index (χ0v) is 15.1. The van der Waals surface area contributed by atoms with E-state index in [1.165, 1.54) is 12.1 Å². The van der Waals surface area contributed by atoms with E-state index in [0.717, 1.165) is 30.8 Å². The van der Waals surface area contributed by atoms with Crippen LogP contribution in [0.1, 0.15) is 42.0 Å². The van der Waals surface area contributed by atoms with Crippen LogP contribution >= 0.6 is 0 Å². The molecule has 140 valence electrons. The molecule has 0 bridgehead atoms. The molecule has 0 saturated carbocycles. The van der Waals surface area contributed by atoms with Gasteiger partial charge in [-0.25, -0.2) is 9.37 Å². The lowest BCUT2D eigenvalue weighted by Gasteiger charge is -2.30. The monoisotopic (exact) mass is 368 g/mol. The van der Waals surface area contributed by atoms with Crippen molar-refractivity contribution in [2.45, 2.75) is 32.2 Å². The number of aromatic nitrogens is 5. The fourth-order valence-electron chi connectivity index (χ4n) is 3.35. The Balaban J connectivity index is 1.39. The van der Waals surface area contributed by atoms with Crippen LogP contribution in [0.2, 0.25) is 0 Å². The number of aromatic amines is 1. The Morgan fingerprint density at radius 3 is 2.63 bits per heavy atom. The molecule has 1 aliphatic rings. The van der Waals surface area contributed by atoms with Gasteiger partial charge in [0.2, 0.25) is 0 Å². The Morgan fingerprint density at radius 2 is 1.96 bits per heavy atom. The van der Waals surface area contributed by atoms with Gasteiger partial charge in [-0.15, -0.1) is 0 Å². The SMILES string of the molecule is CCn1ccc(C(=O)N2CCC(c3nc(-c4ccc(F)cc4)n[nH]3)CC2)n1. The van der Waals surface area contributed by atoms with Crippen LogP contribution in [-0.2, 0) is 6.54 Å². The summed E-state index contributed by atoms with van der Waals surface area (Å²) in [6, 6.07) is 7.89. The molecule has 3 heterocycles. The van der Waals surface area contributed by atoms with Crippen molar-refractivity contribution in [2.75, 3.05) is 13.1 Å². The molecule has 0 radical (unpaired) electrons. The van der Waals surface area contributed by atoms with E-state index in [-0.39, 0.29) is 17.6 Å². The molecule has 27 heavy (non-hydrogen) atoms. The van der Waals surface area contributed by atoms with E-state index in [0.29, 0.717) is 24.6 Å². The molecule has 0 spiro atoms. The standard InChI is InChI=1S/C19H21FN6O/c1-2-26-12-9-16(24-26)19(27)25-10-7-14(8-11-25)18-21-17(22-23-18)13-3-5-15(20)6-4-13/h3-6,9,12,14H,2,7-8,10-11H2,1H3,(H,21,22,23). The van der Waals surface area contributed by atoms with Gasteiger partial charge in [0.25, 0.3) is 5.91 Å². The minimum atomic E-state index is -0.282. The third-order valence-electron chi connectivity index (χ3n) is 4.96. The van der Waals surface area contributed by atoms with Crippen molar-refractivity contribution in [1.82, 2.24) is 29.9 Å². The number of hydrogen-bond donors (Lipinski definition) is 1. The lowest BCUT2D eigenvalue weighted by Crippen LogP contribution is -2.38. The number of hydrogen-bond acceptors (Lipinski definition) is 4. The van der Waals surface area contributed by atoms with Gasteiger partial charge in [0.1, 0.15) is 17.3 Å². The van der Waals surface area contributed by atoms with Crippen molar-refractivity contribution in [1.29, 1.82) is 0 Å². The summed E-state index contributed by atoms with van der Waals surface area (Å²) >= 11 is 0. The summed E-state index contributed by atoms with van der Waals surface area (Å²) in [4.78, 5) is 19.0. The van der Waals surface area contributed by atoms with E-state index >= 15 is 0 Å². The Morgan fingerprint density at radius 1 is 1.22 bits per heavy atom. The van der Waals surface area contributed by atoms with E-state index < -0.39 is 0 Å². The normalized spacial score (nSPS) is 15.3. The fraction of sp³-hybridized carbons (Fsp3) is 0.368. The second kappa shape index (κ2) is 7.30. The first kappa shape index (κ1) is 17.4. The van der Waals surface area contributed by atoms with E-state index in [9.17, 15) is 9.18 Å². The number of nitrogens with zero attached hydrogens (tertiary/aromatic N) is 5. The number of nitrogens with one attached hydrogen (secondary N) is 1. The average molecular weight is 368 g/mol. The summed E-state index contributed by atoms with van der Waals surface area (Å²) in [6.45, 7) is 4.06. The van der Waals surface area contributed by atoms with Gasteiger partial charge >= 0.3 is 0 Å². The molecule has 1 fully saturated rings. The first-order valence-corrected chi connectivity index (χ1v) is 9.15. The quantitative estimate of drug-likeness (QED) is 0.768. The van der Waals surface area contributed by atoms with Gasteiger partial charge in [0.05, 0.1) is 0 Å². The maximum atomic E-state index is 13.1. The Labute approximate surface area is 156 Å². The number of H-pyrrole nitrogens is 1. The topological polar surface area (TPSA) is 79.7 Å². The number of likely N-dealkylation sites (tertiary alicyclic amines) is 1. The molecule has 3 aromatic rings. The van der Waals surface area contributed by atoms with Crippen LogP contribution in [0.15, 0.2) is 36.5 Å². The van der Waals surface area contributed by atoms with E-state index in [4.69, 9.17) is 0 Å². The highest BCUT2D eigenvalue weighted by Gasteiger charge is 2.27. The summed E-state index contributed by atoms with van der Waals surface area (Å²) < 4.78 is 14.8. The summed E-state index contributed by atoms with van der Waals surface area (Å²) in [5.41, 5.74) is 1.27. The van der Waals surface area contributed by atoms with Gasteiger partial charge in [0.15, 0.2) is 5.82 Å². The molecule has 1 amide bonds.